The molecule has 0 radical (unpaired) electrons. The quantitative estimate of drug-likeness (QED) is 0.300. The highest BCUT2D eigenvalue weighted by Crippen LogP contribution is 2.35. The molecule has 0 bridgehead atoms. The third-order valence-electron chi connectivity index (χ3n) is 4.42. The molecule has 1 heterocycles. The van der Waals surface area contributed by atoms with Crippen LogP contribution < -0.4 is 19.7 Å². The second kappa shape index (κ2) is 10.6. The van der Waals surface area contributed by atoms with Gasteiger partial charge in [0.2, 0.25) is 0 Å². The Bertz CT molecular complexity index is 1150. The minimum Gasteiger partial charge on any atom is -0.493 e. The summed E-state index contributed by atoms with van der Waals surface area (Å²) in [4.78, 5) is 50.3. The van der Waals surface area contributed by atoms with E-state index in [9.17, 15) is 19.2 Å². The first kappa shape index (κ1) is 24.5. The van der Waals surface area contributed by atoms with E-state index in [4.69, 9.17) is 14.2 Å². The fourth-order valence-corrected chi connectivity index (χ4v) is 3.61. The first-order valence-corrected chi connectivity index (χ1v) is 11.2. The van der Waals surface area contributed by atoms with Gasteiger partial charge in [-0.3, -0.25) is 14.9 Å². The van der Waals surface area contributed by atoms with E-state index in [0.717, 1.165) is 9.37 Å². The van der Waals surface area contributed by atoms with Crippen LogP contribution in [0.2, 0.25) is 0 Å². The van der Waals surface area contributed by atoms with E-state index < -0.39 is 23.8 Å². The zero-order chi connectivity index (χ0) is 24.1. The van der Waals surface area contributed by atoms with E-state index in [2.05, 4.69) is 37.2 Å². The second-order valence-corrected chi connectivity index (χ2v) is 8.32. The largest absolute Gasteiger partial charge is 0.493 e. The summed E-state index contributed by atoms with van der Waals surface area (Å²) in [6.45, 7) is 1.60. The lowest BCUT2D eigenvalue weighted by atomic mass is 10.1. The van der Waals surface area contributed by atoms with Crippen molar-refractivity contribution in [3.05, 3.63) is 56.5 Å². The van der Waals surface area contributed by atoms with Gasteiger partial charge in [0.15, 0.2) is 18.1 Å². The summed E-state index contributed by atoms with van der Waals surface area (Å²) in [6, 6.07) is 8.71. The number of amides is 4. The first-order chi connectivity index (χ1) is 15.7. The molecule has 0 spiro atoms. The van der Waals surface area contributed by atoms with Crippen LogP contribution in [0.1, 0.15) is 12.5 Å². The molecule has 3 rings (SSSR count). The molecule has 2 aromatic carbocycles. The molecule has 0 aliphatic carbocycles. The number of ether oxygens (including phenoxy) is 3. The number of rotatable bonds is 7. The van der Waals surface area contributed by atoms with Crippen molar-refractivity contribution >= 4 is 67.4 Å². The summed E-state index contributed by atoms with van der Waals surface area (Å²) in [5, 5.41) is 2.17. The SMILES string of the molecule is CCOC(=O)COc1cc(Br)c(/C=C2\C(=O)NC(=O)N(c3ccc(Br)cc3)C2=O)cc1OC. The minimum absolute atomic E-state index is 0.228. The van der Waals surface area contributed by atoms with Crippen molar-refractivity contribution in [2.45, 2.75) is 6.92 Å². The standard InChI is InChI=1S/C22H18Br2N2O7/c1-3-32-19(27)11-33-18-10-16(24)12(9-17(18)31-2)8-15-20(28)25-22(30)26(21(15)29)14-6-4-13(23)5-7-14/h4-10H,3,11H2,1-2H3,(H,25,28,30)/b15-8+. The zero-order valence-electron chi connectivity index (χ0n) is 17.5. The number of carbonyl (C=O) groups is 4. The highest BCUT2D eigenvalue weighted by molar-refractivity contribution is 9.10. The summed E-state index contributed by atoms with van der Waals surface area (Å²) in [6.07, 6.45) is 1.33. The van der Waals surface area contributed by atoms with Crippen LogP contribution in [-0.2, 0) is 19.1 Å². The first-order valence-electron chi connectivity index (χ1n) is 9.58. The highest BCUT2D eigenvalue weighted by atomic mass is 79.9. The maximum Gasteiger partial charge on any atom is 0.344 e. The van der Waals surface area contributed by atoms with Crippen molar-refractivity contribution in [2.24, 2.45) is 0 Å². The van der Waals surface area contributed by atoms with Crippen LogP contribution in [0.4, 0.5) is 10.5 Å². The van der Waals surface area contributed by atoms with E-state index in [-0.39, 0.29) is 30.3 Å². The molecule has 172 valence electrons. The van der Waals surface area contributed by atoms with E-state index in [1.54, 1.807) is 31.2 Å². The molecule has 1 saturated heterocycles. The Balaban J connectivity index is 1.94. The normalized spacial score (nSPS) is 14.8. The van der Waals surface area contributed by atoms with Crippen LogP contribution in [0.3, 0.4) is 0 Å². The molecule has 0 atom stereocenters. The number of halogens is 2. The third-order valence-corrected chi connectivity index (χ3v) is 5.64. The number of nitrogens with zero attached hydrogens (tertiary/aromatic N) is 1. The van der Waals surface area contributed by atoms with E-state index in [1.807, 2.05) is 0 Å². The third kappa shape index (κ3) is 5.60. The van der Waals surface area contributed by atoms with Crippen molar-refractivity contribution in [1.29, 1.82) is 0 Å². The Morgan fingerprint density at radius 1 is 1.09 bits per heavy atom. The molecule has 11 heteroatoms. The number of carbonyl (C=O) groups excluding carboxylic acids is 4. The zero-order valence-corrected chi connectivity index (χ0v) is 20.7. The Morgan fingerprint density at radius 3 is 2.42 bits per heavy atom. The smallest absolute Gasteiger partial charge is 0.344 e. The van der Waals surface area contributed by atoms with E-state index in [1.165, 1.54) is 25.3 Å². The number of hydrogen-bond donors (Lipinski definition) is 1. The van der Waals surface area contributed by atoms with E-state index >= 15 is 0 Å². The van der Waals surface area contributed by atoms with Crippen molar-refractivity contribution in [1.82, 2.24) is 5.32 Å². The van der Waals surface area contributed by atoms with Gasteiger partial charge in [-0.05, 0) is 55.0 Å². The van der Waals surface area contributed by atoms with Crippen LogP contribution in [-0.4, -0.2) is 44.1 Å². The minimum atomic E-state index is -0.844. The van der Waals surface area contributed by atoms with Gasteiger partial charge in [0, 0.05) is 8.95 Å². The molecule has 4 amide bonds. The van der Waals surface area contributed by atoms with Gasteiger partial charge in [0.1, 0.15) is 5.57 Å². The molecule has 2 aromatic rings. The number of nitrogens with one attached hydrogen (secondary N) is 1. The van der Waals surface area contributed by atoms with E-state index in [0.29, 0.717) is 15.7 Å². The van der Waals surface area contributed by atoms with Gasteiger partial charge in [-0.1, -0.05) is 31.9 Å². The molecule has 0 aromatic heterocycles. The summed E-state index contributed by atoms with van der Waals surface area (Å²) in [7, 11) is 1.41. The van der Waals surface area contributed by atoms with Crippen LogP contribution in [0, 0.1) is 0 Å². The molecule has 1 aliphatic heterocycles. The van der Waals surface area contributed by atoms with Gasteiger partial charge in [-0.25, -0.2) is 14.5 Å². The van der Waals surface area contributed by atoms with Gasteiger partial charge < -0.3 is 14.2 Å². The van der Waals surface area contributed by atoms with Gasteiger partial charge in [-0.15, -0.1) is 0 Å². The Kier molecular flexibility index (Phi) is 7.88. The average molecular weight is 582 g/mol. The molecule has 0 unspecified atom stereocenters. The summed E-state index contributed by atoms with van der Waals surface area (Å²) in [5.41, 5.74) is 0.470. The van der Waals surface area contributed by atoms with Crippen LogP contribution >= 0.6 is 31.9 Å². The predicted octanol–water partition coefficient (Wildman–Crippen LogP) is 3.83. The van der Waals surface area contributed by atoms with Crippen molar-refractivity contribution in [3.8, 4) is 11.5 Å². The number of anilines is 1. The number of hydrogen-bond acceptors (Lipinski definition) is 7. The van der Waals surface area contributed by atoms with Crippen molar-refractivity contribution in [3.63, 3.8) is 0 Å². The predicted molar refractivity (Wildman–Crippen MR) is 126 cm³/mol. The number of methoxy groups -OCH3 is 1. The van der Waals surface area contributed by atoms with Gasteiger partial charge in [0.25, 0.3) is 11.8 Å². The lowest BCUT2D eigenvalue weighted by molar-refractivity contribution is -0.145. The topological polar surface area (TPSA) is 111 Å². The molecule has 9 nitrogen and oxygen atoms in total. The van der Waals surface area contributed by atoms with Gasteiger partial charge in [0.05, 0.1) is 19.4 Å². The Morgan fingerprint density at radius 2 is 1.79 bits per heavy atom. The highest BCUT2D eigenvalue weighted by Gasteiger charge is 2.37. The average Bonchev–Trinajstić information content (AvgIpc) is 2.77. The number of imide groups is 2. The number of urea groups is 1. The number of benzene rings is 2. The molecule has 1 aliphatic rings. The van der Waals surface area contributed by atoms with Crippen molar-refractivity contribution in [2.75, 3.05) is 25.2 Å². The Labute approximate surface area is 205 Å². The monoisotopic (exact) mass is 580 g/mol. The molecule has 1 N–H and O–H groups in total. The van der Waals surface area contributed by atoms with Crippen molar-refractivity contribution < 1.29 is 33.4 Å². The number of barbiturate groups is 1. The van der Waals surface area contributed by atoms with Gasteiger partial charge >= 0.3 is 12.0 Å². The van der Waals surface area contributed by atoms with Gasteiger partial charge in [-0.2, -0.15) is 0 Å². The summed E-state index contributed by atoms with van der Waals surface area (Å²) in [5.74, 6) is -1.62. The molecule has 0 saturated carbocycles. The summed E-state index contributed by atoms with van der Waals surface area (Å²) < 4.78 is 16.8. The number of esters is 1. The van der Waals surface area contributed by atoms with Crippen LogP contribution in [0.5, 0.6) is 11.5 Å². The molecular weight excluding hydrogens is 564 g/mol. The Hall–Kier alpha value is -3.18. The summed E-state index contributed by atoms with van der Waals surface area (Å²) >= 11 is 6.67. The fraction of sp³-hybridized carbons (Fsp3) is 0.182. The van der Waals surface area contributed by atoms with Crippen LogP contribution in [0.15, 0.2) is 50.9 Å². The maximum atomic E-state index is 13.0. The van der Waals surface area contributed by atoms with Crippen LogP contribution in [0.25, 0.3) is 6.08 Å². The molecule has 1 fully saturated rings. The fourth-order valence-electron chi connectivity index (χ4n) is 2.91. The lowest BCUT2D eigenvalue weighted by Gasteiger charge is -2.26. The maximum absolute atomic E-state index is 13.0. The lowest BCUT2D eigenvalue weighted by Crippen LogP contribution is -2.54. The molecule has 33 heavy (non-hydrogen) atoms. The molecular formula is C22H18Br2N2O7. The second-order valence-electron chi connectivity index (χ2n) is 6.55.